The van der Waals surface area contributed by atoms with Crippen LogP contribution in [0.1, 0.15) is 0 Å². The number of benzene rings is 1. The van der Waals surface area contributed by atoms with Crippen LogP contribution in [0.2, 0.25) is 0 Å². The van der Waals surface area contributed by atoms with Crippen molar-refractivity contribution in [1.29, 1.82) is 0 Å². The van der Waals surface area contributed by atoms with E-state index in [9.17, 15) is 9.59 Å². The summed E-state index contributed by atoms with van der Waals surface area (Å²) in [7, 11) is 1.60. The molecule has 0 radical (unpaired) electrons. The molecule has 0 aliphatic rings. The topological polar surface area (TPSA) is 109 Å². The van der Waals surface area contributed by atoms with Crippen LogP contribution < -0.4 is 15.4 Å². The van der Waals surface area contributed by atoms with Crippen molar-refractivity contribution in [1.82, 2.24) is 25.8 Å². The lowest BCUT2D eigenvalue weighted by Crippen LogP contribution is -2.40. The Morgan fingerprint density at radius 2 is 2.12 bits per heavy atom. The molecule has 1 heterocycles. The molecular formula is C15H17N5O3S. The Hall–Kier alpha value is -2.81. The van der Waals surface area contributed by atoms with E-state index in [0.717, 1.165) is 23.1 Å². The van der Waals surface area contributed by atoms with Gasteiger partial charge in [0, 0.05) is 12.1 Å². The number of rotatable bonds is 7. The number of H-pyrrole nitrogens is 1. The van der Waals surface area contributed by atoms with E-state index >= 15 is 0 Å². The molecule has 0 saturated carbocycles. The van der Waals surface area contributed by atoms with E-state index < -0.39 is 11.9 Å². The van der Waals surface area contributed by atoms with Crippen molar-refractivity contribution in [2.45, 2.75) is 5.16 Å². The van der Waals surface area contributed by atoms with Gasteiger partial charge >= 0.3 is 6.03 Å². The number of nitrogens with zero attached hydrogens (tertiary/aromatic N) is 2. The lowest BCUT2D eigenvalue weighted by Gasteiger charge is -2.03. The van der Waals surface area contributed by atoms with Gasteiger partial charge in [0.25, 0.3) is 0 Å². The first-order valence-corrected chi connectivity index (χ1v) is 7.99. The molecular weight excluding hydrogens is 330 g/mol. The van der Waals surface area contributed by atoms with Crippen LogP contribution >= 0.6 is 11.8 Å². The lowest BCUT2D eigenvalue weighted by molar-refractivity contribution is -0.117. The highest BCUT2D eigenvalue weighted by Crippen LogP contribution is 2.21. The SMILES string of the molecule is C=CCNC(=O)NC(=O)CSc1n[nH]c(-c2ccc(OC)cc2)n1. The first-order valence-electron chi connectivity index (χ1n) is 7.00. The molecule has 0 bridgehead atoms. The van der Waals surface area contributed by atoms with Crippen molar-refractivity contribution in [3.63, 3.8) is 0 Å². The van der Waals surface area contributed by atoms with Gasteiger partial charge in [0.2, 0.25) is 11.1 Å². The van der Waals surface area contributed by atoms with Crippen LogP contribution in [0.4, 0.5) is 4.79 Å². The third-order valence-corrected chi connectivity index (χ3v) is 3.67. The van der Waals surface area contributed by atoms with Crippen molar-refractivity contribution in [3.8, 4) is 17.1 Å². The number of nitrogens with one attached hydrogen (secondary N) is 3. The van der Waals surface area contributed by atoms with E-state index in [0.29, 0.717) is 17.5 Å². The number of ether oxygens (including phenoxy) is 1. The van der Waals surface area contributed by atoms with Gasteiger partial charge in [-0.25, -0.2) is 9.78 Å². The molecule has 3 amide bonds. The molecule has 0 spiro atoms. The van der Waals surface area contributed by atoms with E-state index in [1.807, 2.05) is 24.3 Å². The van der Waals surface area contributed by atoms with Crippen LogP contribution in [0.25, 0.3) is 11.4 Å². The Morgan fingerprint density at radius 3 is 2.79 bits per heavy atom. The molecule has 126 valence electrons. The molecule has 1 aromatic heterocycles. The maximum Gasteiger partial charge on any atom is 0.321 e. The minimum Gasteiger partial charge on any atom is -0.497 e. The van der Waals surface area contributed by atoms with Crippen molar-refractivity contribution in [2.75, 3.05) is 19.4 Å². The number of urea groups is 1. The second kappa shape index (κ2) is 8.73. The summed E-state index contributed by atoms with van der Waals surface area (Å²) < 4.78 is 5.10. The molecule has 24 heavy (non-hydrogen) atoms. The molecule has 0 aliphatic heterocycles. The van der Waals surface area contributed by atoms with E-state index in [1.165, 1.54) is 6.08 Å². The molecule has 0 fully saturated rings. The summed E-state index contributed by atoms with van der Waals surface area (Å²) in [5.41, 5.74) is 0.850. The fraction of sp³-hybridized carbons (Fsp3) is 0.200. The number of thioether (sulfide) groups is 1. The summed E-state index contributed by atoms with van der Waals surface area (Å²) in [5.74, 6) is 0.933. The molecule has 0 saturated heterocycles. The summed E-state index contributed by atoms with van der Waals surface area (Å²) in [6, 6.07) is 6.78. The zero-order chi connectivity index (χ0) is 17.4. The number of aromatic amines is 1. The monoisotopic (exact) mass is 347 g/mol. The fourth-order valence-electron chi connectivity index (χ4n) is 1.69. The molecule has 0 unspecified atom stereocenters. The summed E-state index contributed by atoms with van der Waals surface area (Å²) in [6.07, 6.45) is 1.52. The van der Waals surface area contributed by atoms with Crippen molar-refractivity contribution in [2.24, 2.45) is 0 Å². The second-order valence-electron chi connectivity index (χ2n) is 4.53. The van der Waals surface area contributed by atoms with Gasteiger partial charge in [-0.05, 0) is 24.3 Å². The molecule has 3 N–H and O–H groups in total. The Kier molecular flexibility index (Phi) is 6.38. The minimum absolute atomic E-state index is 0.0292. The summed E-state index contributed by atoms with van der Waals surface area (Å²) in [4.78, 5) is 27.3. The smallest absolute Gasteiger partial charge is 0.321 e. The fourth-order valence-corrected chi connectivity index (χ4v) is 2.29. The van der Waals surface area contributed by atoms with Crippen LogP contribution in [-0.4, -0.2) is 46.5 Å². The van der Waals surface area contributed by atoms with Gasteiger partial charge in [-0.2, -0.15) is 0 Å². The van der Waals surface area contributed by atoms with Crippen LogP contribution in [0.15, 0.2) is 42.1 Å². The molecule has 2 rings (SSSR count). The molecule has 9 heteroatoms. The minimum atomic E-state index is -0.561. The summed E-state index contributed by atoms with van der Waals surface area (Å²) in [5, 5.41) is 11.9. The third-order valence-electron chi connectivity index (χ3n) is 2.82. The number of aromatic nitrogens is 3. The van der Waals surface area contributed by atoms with Gasteiger partial charge in [0.05, 0.1) is 12.9 Å². The molecule has 0 atom stereocenters. The highest BCUT2D eigenvalue weighted by Gasteiger charge is 2.11. The van der Waals surface area contributed by atoms with Gasteiger partial charge < -0.3 is 10.1 Å². The average molecular weight is 347 g/mol. The predicted octanol–water partition coefficient (Wildman–Crippen LogP) is 1.58. The van der Waals surface area contributed by atoms with Crippen LogP contribution in [0, 0.1) is 0 Å². The van der Waals surface area contributed by atoms with Crippen LogP contribution in [-0.2, 0) is 4.79 Å². The maximum absolute atomic E-state index is 11.6. The highest BCUT2D eigenvalue weighted by molar-refractivity contribution is 7.99. The van der Waals surface area contributed by atoms with Crippen LogP contribution in [0.3, 0.4) is 0 Å². The van der Waals surface area contributed by atoms with Gasteiger partial charge in [-0.1, -0.05) is 17.8 Å². The zero-order valence-corrected chi connectivity index (χ0v) is 13.9. The summed E-state index contributed by atoms with van der Waals surface area (Å²) >= 11 is 1.13. The number of imide groups is 1. The second-order valence-corrected chi connectivity index (χ2v) is 5.47. The average Bonchev–Trinajstić information content (AvgIpc) is 3.07. The van der Waals surface area contributed by atoms with Gasteiger partial charge in [-0.3, -0.25) is 15.2 Å². The molecule has 0 aliphatic carbocycles. The number of carbonyl (C=O) groups excluding carboxylic acids is 2. The maximum atomic E-state index is 11.6. The quantitative estimate of drug-likeness (QED) is 0.518. The number of methoxy groups -OCH3 is 1. The standard InChI is InChI=1S/C15H17N5O3S/c1-3-8-16-14(22)17-12(21)9-24-15-18-13(19-20-15)10-4-6-11(23-2)7-5-10/h3-7H,1,8-9H2,2H3,(H,18,19,20)(H2,16,17,21,22). The molecule has 1 aromatic carbocycles. The zero-order valence-electron chi connectivity index (χ0n) is 13.0. The third kappa shape index (κ3) is 5.13. The normalized spacial score (nSPS) is 10.0. The molecule has 2 aromatic rings. The number of carbonyl (C=O) groups is 2. The first kappa shape index (κ1) is 17.5. The highest BCUT2D eigenvalue weighted by atomic mass is 32.2. The van der Waals surface area contributed by atoms with E-state index in [1.54, 1.807) is 7.11 Å². The Morgan fingerprint density at radius 1 is 1.38 bits per heavy atom. The van der Waals surface area contributed by atoms with E-state index in [-0.39, 0.29) is 5.75 Å². The predicted molar refractivity (Wildman–Crippen MR) is 90.8 cm³/mol. The number of amides is 3. The Bertz CT molecular complexity index is 714. The summed E-state index contributed by atoms with van der Waals surface area (Å²) in [6.45, 7) is 3.76. The van der Waals surface area contributed by atoms with Gasteiger partial charge in [-0.15, -0.1) is 11.7 Å². The van der Waals surface area contributed by atoms with Gasteiger partial charge in [0.15, 0.2) is 5.82 Å². The Balaban J connectivity index is 1.85. The van der Waals surface area contributed by atoms with Crippen molar-refractivity contribution < 1.29 is 14.3 Å². The molecule has 8 nitrogen and oxygen atoms in total. The first-order chi connectivity index (χ1) is 11.6. The van der Waals surface area contributed by atoms with Crippen LogP contribution in [0.5, 0.6) is 5.75 Å². The van der Waals surface area contributed by atoms with Crippen molar-refractivity contribution in [3.05, 3.63) is 36.9 Å². The van der Waals surface area contributed by atoms with Crippen molar-refractivity contribution >= 4 is 23.7 Å². The Labute approximate surface area is 143 Å². The number of hydrogen-bond acceptors (Lipinski definition) is 6. The number of hydrogen-bond donors (Lipinski definition) is 3. The largest absolute Gasteiger partial charge is 0.497 e. The van der Waals surface area contributed by atoms with E-state index in [2.05, 4.69) is 32.4 Å². The van der Waals surface area contributed by atoms with E-state index in [4.69, 9.17) is 4.74 Å². The lowest BCUT2D eigenvalue weighted by atomic mass is 10.2. The van der Waals surface area contributed by atoms with Gasteiger partial charge in [0.1, 0.15) is 5.75 Å².